The second-order valence-electron chi connectivity index (χ2n) is 9.71. The summed E-state index contributed by atoms with van der Waals surface area (Å²) in [5.74, 6) is -0.0824. The number of carbonyl (C=O) groups excluding carboxylic acids is 2. The second-order valence-corrected chi connectivity index (χ2v) is 10.7. The van der Waals surface area contributed by atoms with Crippen LogP contribution in [0.2, 0.25) is 0 Å². The number of carbonyl (C=O) groups is 2. The lowest BCUT2D eigenvalue weighted by atomic mass is 10.0. The Bertz CT molecular complexity index is 1680. The highest BCUT2D eigenvalue weighted by Gasteiger charge is 2.32. The molecule has 0 radical (unpaired) electrons. The van der Waals surface area contributed by atoms with Gasteiger partial charge in [0, 0.05) is 5.56 Å². The third-order valence-corrected chi connectivity index (χ3v) is 7.60. The molecule has 1 saturated heterocycles. The summed E-state index contributed by atoms with van der Waals surface area (Å²) in [4.78, 5) is 35.0. The number of ether oxygens (including phenoxy) is 1. The van der Waals surface area contributed by atoms with Gasteiger partial charge in [-0.25, -0.2) is 18.9 Å². The van der Waals surface area contributed by atoms with E-state index in [1.807, 2.05) is 25.1 Å². The molecule has 14 heteroatoms. The van der Waals surface area contributed by atoms with Crippen molar-refractivity contribution in [2.45, 2.75) is 38.8 Å². The lowest BCUT2D eigenvalue weighted by Gasteiger charge is -2.20. The van der Waals surface area contributed by atoms with Gasteiger partial charge in [0.25, 0.3) is 0 Å². The largest absolute Gasteiger partial charge is 0.573 e. The number of aryl methyl sites for hydroxylation is 1. The predicted octanol–water partition coefficient (Wildman–Crippen LogP) is 6.64. The molecular weight excluding hydrogens is 600 g/mol. The molecule has 3 amide bonds. The number of amidine groups is 1. The van der Waals surface area contributed by atoms with Crippen molar-refractivity contribution in [3.8, 4) is 22.8 Å². The van der Waals surface area contributed by atoms with E-state index in [4.69, 9.17) is 0 Å². The Hall–Kier alpha value is -4.72. The Balaban J connectivity index is 1.22. The molecule has 1 aliphatic heterocycles. The van der Waals surface area contributed by atoms with Crippen molar-refractivity contribution in [1.82, 2.24) is 20.1 Å². The number of nitrogens with zero attached hydrogens (tertiary/aromatic N) is 5. The van der Waals surface area contributed by atoms with Crippen LogP contribution in [0.4, 0.5) is 28.0 Å². The molecule has 2 heterocycles. The van der Waals surface area contributed by atoms with Crippen molar-refractivity contribution in [2.75, 3.05) is 10.7 Å². The summed E-state index contributed by atoms with van der Waals surface area (Å²) in [6.45, 7) is 3.49. The molecule has 5 rings (SSSR count). The number of halogens is 4. The number of hydrogen-bond donors (Lipinski definition) is 1. The summed E-state index contributed by atoms with van der Waals surface area (Å²) in [5, 5.41) is 7.13. The lowest BCUT2D eigenvalue weighted by Crippen LogP contribution is -2.36. The zero-order chi connectivity index (χ0) is 31.4. The van der Waals surface area contributed by atoms with Gasteiger partial charge in [-0.15, -0.1) is 18.3 Å². The van der Waals surface area contributed by atoms with Crippen LogP contribution in [0, 0.1) is 0 Å². The van der Waals surface area contributed by atoms with E-state index >= 15 is 4.39 Å². The zero-order valence-corrected chi connectivity index (χ0v) is 24.3. The van der Waals surface area contributed by atoms with Gasteiger partial charge in [-0.1, -0.05) is 61.2 Å². The fourth-order valence-corrected chi connectivity index (χ4v) is 5.38. The first-order valence-electron chi connectivity index (χ1n) is 13.5. The summed E-state index contributed by atoms with van der Waals surface area (Å²) >= 11 is 1.15. The molecule has 2 atom stereocenters. The molecule has 0 aliphatic carbocycles. The Labute approximate surface area is 254 Å². The Morgan fingerprint density at radius 1 is 1.09 bits per heavy atom. The SMILES string of the molecule is CCc1ccccc1N1C(=O)CS/C1=N\C(=O)NC(C)C(F)c1ccc(-c2ncn(-c3ccc(OC(F)(F)F)cc3)n2)cc1. The topological polar surface area (TPSA) is 102 Å². The van der Waals surface area contributed by atoms with Gasteiger partial charge in [-0.2, -0.15) is 4.99 Å². The van der Waals surface area contributed by atoms with Crippen molar-refractivity contribution in [1.29, 1.82) is 0 Å². The second kappa shape index (κ2) is 12.9. The first-order valence-corrected chi connectivity index (χ1v) is 14.5. The van der Waals surface area contributed by atoms with Crippen LogP contribution in [-0.2, 0) is 11.2 Å². The van der Waals surface area contributed by atoms with Gasteiger partial charge < -0.3 is 10.1 Å². The van der Waals surface area contributed by atoms with Crippen LogP contribution >= 0.6 is 11.8 Å². The predicted molar refractivity (Wildman–Crippen MR) is 159 cm³/mol. The lowest BCUT2D eigenvalue weighted by molar-refractivity contribution is -0.274. The van der Waals surface area contributed by atoms with E-state index in [9.17, 15) is 22.8 Å². The highest BCUT2D eigenvalue weighted by molar-refractivity contribution is 8.15. The standard InChI is InChI=1S/C30H26F4N6O3S/c1-3-19-6-4-5-7-24(19)40-25(41)16-44-29(40)37-28(42)36-18(2)26(31)20-8-10-21(11-9-20)27-35-17-39(38-27)22-12-14-23(15-13-22)43-30(32,33)34/h4-15,17-18,26H,3,16H2,1-2H3,(H,36,42)/b37-29-. The average Bonchev–Trinajstić information content (AvgIpc) is 3.63. The number of urea groups is 1. The van der Waals surface area contributed by atoms with Gasteiger partial charge in [0.2, 0.25) is 5.91 Å². The van der Waals surface area contributed by atoms with Gasteiger partial charge in [-0.3, -0.25) is 9.69 Å². The highest BCUT2D eigenvalue weighted by Crippen LogP contribution is 2.30. The summed E-state index contributed by atoms with van der Waals surface area (Å²) in [6, 6.07) is 17.2. The maximum absolute atomic E-state index is 15.4. The quantitative estimate of drug-likeness (QED) is 0.220. The Kier molecular flexibility index (Phi) is 8.99. The number of amides is 3. The zero-order valence-electron chi connectivity index (χ0n) is 23.5. The number of alkyl halides is 4. The molecule has 0 spiro atoms. The monoisotopic (exact) mass is 626 g/mol. The number of para-hydroxylation sites is 1. The Morgan fingerprint density at radius 3 is 2.48 bits per heavy atom. The summed E-state index contributed by atoms with van der Waals surface area (Å²) in [7, 11) is 0. The van der Waals surface area contributed by atoms with Crippen LogP contribution in [0.25, 0.3) is 17.1 Å². The van der Waals surface area contributed by atoms with Crippen molar-refractivity contribution in [3.63, 3.8) is 0 Å². The molecule has 1 N–H and O–H groups in total. The molecule has 44 heavy (non-hydrogen) atoms. The maximum atomic E-state index is 15.4. The van der Waals surface area contributed by atoms with E-state index in [0.717, 1.165) is 17.3 Å². The minimum absolute atomic E-state index is 0.147. The highest BCUT2D eigenvalue weighted by atomic mass is 32.2. The molecule has 0 bridgehead atoms. The minimum Gasteiger partial charge on any atom is -0.406 e. The fourth-order valence-electron chi connectivity index (χ4n) is 4.52. The first-order chi connectivity index (χ1) is 21.0. The van der Waals surface area contributed by atoms with E-state index in [2.05, 4.69) is 25.1 Å². The van der Waals surface area contributed by atoms with Crippen LogP contribution in [0.15, 0.2) is 84.1 Å². The summed E-state index contributed by atoms with van der Waals surface area (Å²) < 4.78 is 57.8. The van der Waals surface area contributed by atoms with Gasteiger partial charge in [-0.05, 0) is 54.8 Å². The summed E-state index contributed by atoms with van der Waals surface area (Å²) in [6.07, 6.45) is -4.26. The molecule has 2 unspecified atom stereocenters. The van der Waals surface area contributed by atoms with Crippen molar-refractivity contribution in [3.05, 3.63) is 90.3 Å². The first kappa shape index (κ1) is 30.7. The molecular formula is C30H26F4N6O3S. The number of rotatable bonds is 8. The smallest absolute Gasteiger partial charge is 0.406 e. The minimum atomic E-state index is -4.79. The number of aromatic nitrogens is 3. The van der Waals surface area contributed by atoms with Crippen LogP contribution in [0.1, 0.15) is 31.1 Å². The van der Waals surface area contributed by atoms with Crippen LogP contribution < -0.4 is 15.0 Å². The van der Waals surface area contributed by atoms with Gasteiger partial charge in [0.1, 0.15) is 18.2 Å². The van der Waals surface area contributed by atoms with E-state index in [0.29, 0.717) is 34.7 Å². The Morgan fingerprint density at radius 2 is 1.80 bits per heavy atom. The number of hydrogen-bond acceptors (Lipinski definition) is 6. The number of anilines is 1. The fraction of sp³-hybridized carbons (Fsp3) is 0.233. The molecule has 0 saturated carbocycles. The number of nitrogens with one attached hydrogen (secondary N) is 1. The molecule has 3 aromatic carbocycles. The van der Waals surface area contributed by atoms with Gasteiger partial charge in [0.05, 0.1) is 23.2 Å². The molecule has 1 fully saturated rings. The number of benzene rings is 3. The van der Waals surface area contributed by atoms with E-state index in [-0.39, 0.29) is 22.6 Å². The number of thioether (sulfide) groups is 1. The summed E-state index contributed by atoms with van der Waals surface area (Å²) in [5.41, 5.74) is 2.95. The number of aliphatic imine (C=N–C) groups is 1. The molecule has 228 valence electrons. The van der Waals surface area contributed by atoms with Gasteiger partial charge >= 0.3 is 12.4 Å². The van der Waals surface area contributed by atoms with E-state index < -0.39 is 24.6 Å². The van der Waals surface area contributed by atoms with Crippen LogP contribution in [0.5, 0.6) is 5.75 Å². The maximum Gasteiger partial charge on any atom is 0.573 e. The molecule has 1 aromatic heterocycles. The third kappa shape index (κ3) is 7.08. The molecule has 4 aromatic rings. The van der Waals surface area contributed by atoms with Crippen LogP contribution in [0.3, 0.4) is 0 Å². The third-order valence-electron chi connectivity index (χ3n) is 6.68. The van der Waals surface area contributed by atoms with Crippen molar-refractivity contribution in [2.24, 2.45) is 4.99 Å². The normalized spacial score (nSPS) is 15.8. The molecule has 9 nitrogen and oxygen atoms in total. The van der Waals surface area contributed by atoms with E-state index in [1.54, 1.807) is 30.3 Å². The van der Waals surface area contributed by atoms with Crippen molar-refractivity contribution < 1.29 is 31.9 Å². The van der Waals surface area contributed by atoms with E-state index in [1.165, 1.54) is 47.1 Å². The average molecular weight is 627 g/mol. The van der Waals surface area contributed by atoms with Crippen LogP contribution in [-0.4, -0.2) is 50.0 Å². The molecule has 1 aliphatic rings. The van der Waals surface area contributed by atoms with Crippen molar-refractivity contribution >= 4 is 34.6 Å². The van der Waals surface area contributed by atoms with Gasteiger partial charge in [0.15, 0.2) is 11.0 Å².